The van der Waals surface area contributed by atoms with E-state index in [1.807, 2.05) is 18.2 Å². The van der Waals surface area contributed by atoms with Crippen LogP contribution >= 0.6 is 11.6 Å². The molecule has 0 atom stereocenters. The van der Waals surface area contributed by atoms with Crippen LogP contribution in [0.2, 0.25) is 5.15 Å². The third kappa shape index (κ3) is 2.65. The molecule has 0 radical (unpaired) electrons. The first-order valence-corrected chi connectivity index (χ1v) is 5.84. The second kappa shape index (κ2) is 5.39. The summed E-state index contributed by atoms with van der Waals surface area (Å²) in [6.07, 6.45) is 0. The maximum atomic E-state index is 9.09. The Kier molecular flexibility index (Phi) is 3.66. The molecule has 0 saturated carbocycles. The Morgan fingerprint density at radius 1 is 1.16 bits per heavy atom. The number of anilines is 2. The molecule has 4 nitrogen and oxygen atoms in total. The molecular weight excluding hydrogens is 260 g/mol. The average molecular weight is 269 g/mol. The van der Waals surface area contributed by atoms with Crippen LogP contribution in [0.15, 0.2) is 36.4 Å². The third-order valence-corrected chi connectivity index (χ3v) is 2.83. The predicted molar refractivity (Wildman–Crippen MR) is 73.2 cm³/mol. The highest BCUT2D eigenvalue weighted by molar-refractivity contribution is 6.29. The smallest absolute Gasteiger partial charge is 0.135 e. The molecule has 0 aliphatic heterocycles. The topological polar surface area (TPSA) is 63.7 Å². The largest absolute Gasteiger partial charge is 0.328 e. The minimum absolute atomic E-state index is 0.246. The van der Waals surface area contributed by atoms with Crippen LogP contribution < -0.4 is 4.90 Å². The van der Waals surface area contributed by atoms with Crippen molar-refractivity contribution in [2.45, 2.75) is 0 Å². The van der Waals surface area contributed by atoms with Gasteiger partial charge >= 0.3 is 0 Å². The molecular formula is C14H9ClN4. The number of pyridine rings is 1. The number of hydrogen-bond donors (Lipinski definition) is 0. The second-order valence-electron chi connectivity index (χ2n) is 3.84. The molecule has 1 aromatic carbocycles. The first-order chi connectivity index (χ1) is 9.15. The first-order valence-electron chi connectivity index (χ1n) is 5.46. The monoisotopic (exact) mass is 268 g/mol. The van der Waals surface area contributed by atoms with E-state index >= 15 is 0 Å². The number of hydrogen-bond acceptors (Lipinski definition) is 4. The number of rotatable bonds is 2. The number of halogens is 1. The summed E-state index contributed by atoms with van der Waals surface area (Å²) in [4.78, 5) is 5.89. The van der Waals surface area contributed by atoms with Crippen LogP contribution in [0.3, 0.4) is 0 Å². The standard InChI is InChI=1S/C14H9ClN4/c1-19(12-5-3-2-4-11(12)9-17)14-7-10(8-16)6-13(15)18-14/h2-7H,1H3. The molecule has 0 aliphatic rings. The fourth-order valence-electron chi connectivity index (χ4n) is 1.70. The molecule has 1 heterocycles. The van der Waals surface area contributed by atoms with Crippen molar-refractivity contribution in [3.63, 3.8) is 0 Å². The van der Waals surface area contributed by atoms with Crippen molar-refractivity contribution in [1.29, 1.82) is 10.5 Å². The van der Waals surface area contributed by atoms with Gasteiger partial charge in [0.25, 0.3) is 0 Å². The first kappa shape index (κ1) is 12.9. The van der Waals surface area contributed by atoms with Crippen molar-refractivity contribution >= 4 is 23.1 Å². The summed E-state index contributed by atoms with van der Waals surface area (Å²) >= 11 is 5.88. The Hall–Kier alpha value is -2.56. The summed E-state index contributed by atoms with van der Waals surface area (Å²) in [5.41, 5.74) is 1.67. The zero-order valence-electron chi connectivity index (χ0n) is 10.1. The normalized spacial score (nSPS) is 9.47. The molecule has 2 rings (SSSR count). The Bertz CT molecular complexity index is 697. The molecule has 92 valence electrons. The van der Waals surface area contributed by atoms with Crippen molar-refractivity contribution in [3.8, 4) is 12.1 Å². The maximum Gasteiger partial charge on any atom is 0.135 e. The van der Waals surface area contributed by atoms with E-state index in [4.69, 9.17) is 22.1 Å². The lowest BCUT2D eigenvalue weighted by atomic mass is 10.1. The van der Waals surface area contributed by atoms with E-state index in [1.54, 1.807) is 30.1 Å². The highest BCUT2D eigenvalue weighted by Gasteiger charge is 2.11. The van der Waals surface area contributed by atoms with Crippen molar-refractivity contribution < 1.29 is 0 Å². The minimum Gasteiger partial charge on any atom is -0.328 e. The van der Waals surface area contributed by atoms with Crippen molar-refractivity contribution in [1.82, 2.24) is 4.98 Å². The quantitative estimate of drug-likeness (QED) is 0.784. The molecule has 2 aromatic rings. The third-order valence-electron chi connectivity index (χ3n) is 2.64. The highest BCUT2D eigenvalue weighted by atomic mass is 35.5. The molecule has 0 fully saturated rings. The van der Waals surface area contributed by atoms with Crippen LogP contribution in [-0.2, 0) is 0 Å². The van der Waals surface area contributed by atoms with E-state index in [9.17, 15) is 0 Å². The van der Waals surface area contributed by atoms with Gasteiger partial charge in [0.1, 0.15) is 17.0 Å². The molecule has 0 unspecified atom stereocenters. The molecule has 0 N–H and O–H groups in total. The molecule has 0 amide bonds. The van der Waals surface area contributed by atoms with Crippen molar-refractivity contribution in [2.24, 2.45) is 0 Å². The van der Waals surface area contributed by atoms with Gasteiger partial charge in [-0.3, -0.25) is 0 Å². The van der Waals surface area contributed by atoms with Gasteiger partial charge in [-0.05, 0) is 24.3 Å². The zero-order valence-corrected chi connectivity index (χ0v) is 10.9. The summed E-state index contributed by atoms with van der Waals surface area (Å²) in [5, 5.41) is 18.3. The molecule has 19 heavy (non-hydrogen) atoms. The fourth-order valence-corrected chi connectivity index (χ4v) is 1.91. The van der Waals surface area contributed by atoms with E-state index in [0.29, 0.717) is 22.6 Å². The fraction of sp³-hybridized carbons (Fsp3) is 0.0714. The SMILES string of the molecule is CN(c1cc(C#N)cc(Cl)n1)c1ccccc1C#N. The summed E-state index contributed by atoms with van der Waals surface area (Å²) in [6, 6.07) is 14.4. The van der Waals surface area contributed by atoms with Gasteiger partial charge in [0.05, 0.1) is 22.9 Å². The summed E-state index contributed by atoms with van der Waals surface area (Å²) in [7, 11) is 1.77. The Morgan fingerprint density at radius 2 is 1.89 bits per heavy atom. The lowest BCUT2D eigenvalue weighted by Crippen LogP contribution is -2.12. The second-order valence-corrected chi connectivity index (χ2v) is 4.22. The Labute approximate surface area is 116 Å². The van der Waals surface area contributed by atoms with Crippen LogP contribution in [0, 0.1) is 22.7 Å². The van der Waals surface area contributed by atoms with Gasteiger partial charge in [0, 0.05) is 7.05 Å². The van der Waals surface area contributed by atoms with Crippen molar-refractivity contribution in [3.05, 3.63) is 52.7 Å². The van der Waals surface area contributed by atoms with Gasteiger partial charge in [0.2, 0.25) is 0 Å². The van der Waals surface area contributed by atoms with Crippen LogP contribution in [0.4, 0.5) is 11.5 Å². The lowest BCUT2D eigenvalue weighted by Gasteiger charge is -2.19. The number of nitriles is 2. The molecule has 1 aromatic heterocycles. The van der Waals surface area contributed by atoms with E-state index in [-0.39, 0.29) is 5.15 Å². The van der Waals surface area contributed by atoms with Gasteiger partial charge in [-0.15, -0.1) is 0 Å². The molecule has 0 saturated heterocycles. The Morgan fingerprint density at radius 3 is 2.58 bits per heavy atom. The summed E-state index contributed by atoms with van der Waals surface area (Å²) in [5.74, 6) is 0.520. The average Bonchev–Trinajstić information content (AvgIpc) is 2.45. The Balaban J connectivity index is 2.51. The molecule has 0 spiro atoms. The molecule has 5 heteroatoms. The maximum absolute atomic E-state index is 9.09. The van der Waals surface area contributed by atoms with Gasteiger partial charge in [-0.25, -0.2) is 4.98 Å². The van der Waals surface area contributed by atoms with Gasteiger partial charge in [0.15, 0.2) is 0 Å². The van der Waals surface area contributed by atoms with Gasteiger partial charge < -0.3 is 4.90 Å². The van der Waals surface area contributed by atoms with Crippen LogP contribution in [0.25, 0.3) is 0 Å². The van der Waals surface area contributed by atoms with Crippen LogP contribution in [0.1, 0.15) is 11.1 Å². The molecule has 0 aliphatic carbocycles. The van der Waals surface area contributed by atoms with Crippen molar-refractivity contribution in [2.75, 3.05) is 11.9 Å². The zero-order chi connectivity index (χ0) is 13.8. The minimum atomic E-state index is 0.246. The van der Waals surface area contributed by atoms with Gasteiger partial charge in [-0.1, -0.05) is 23.7 Å². The summed E-state index contributed by atoms with van der Waals surface area (Å²) in [6.45, 7) is 0. The highest BCUT2D eigenvalue weighted by Crippen LogP contribution is 2.26. The number of nitrogens with zero attached hydrogens (tertiary/aromatic N) is 4. The number of benzene rings is 1. The summed E-state index contributed by atoms with van der Waals surface area (Å²) < 4.78 is 0. The number of para-hydroxylation sites is 1. The van der Waals surface area contributed by atoms with Gasteiger partial charge in [-0.2, -0.15) is 10.5 Å². The lowest BCUT2D eigenvalue weighted by molar-refractivity contribution is 1.12. The van der Waals surface area contributed by atoms with E-state index in [1.165, 1.54) is 6.07 Å². The van der Waals surface area contributed by atoms with E-state index in [2.05, 4.69) is 11.1 Å². The molecule has 0 bridgehead atoms. The number of aromatic nitrogens is 1. The van der Waals surface area contributed by atoms with Crippen LogP contribution in [0.5, 0.6) is 0 Å². The van der Waals surface area contributed by atoms with E-state index in [0.717, 1.165) is 0 Å². The van der Waals surface area contributed by atoms with E-state index < -0.39 is 0 Å². The van der Waals surface area contributed by atoms with Crippen LogP contribution in [-0.4, -0.2) is 12.0 Å². The predicted octanol–water partition coefficient (Wildman–Crippen LogP) is 3.25.